The Morgan fingerprint density at radius 2 is 2.04 bits per heavy atom. The summed E-state index contributed by atoms with van der Waals surface area (Å²) < 4.78 is 5.20. The monoisotopic (exact) mass is 476 g/mol. The van der Waals surface area contributed by atoms with E-state index in [9.17, 15) is 5.11 Å². The second-order valence-corrected chi connectivity index (χ2v) is 6.34. The molecule has 1 aliphatic rings. The molecule has 148 valence electrons. The van der Waals surface area contributed by atoms with Crippen molar-refractivity contribution < 1.29 is 9.84 Å². The molecule has 0 spiro atoms. The van der Waals surface area contributed by atoms with Gasteiger partial charge in [0.15, 0.2) is 5.96 Å². The molecule has 1 saturated heterocycles. The number of rotatable bonds is 8. The van der Waals surface area contributed by atoms with Crippen LogP contribution in [-0.2, 0) is 0 Å². The van der Waals surface area contributed by atoms with Crippen LogP contribution in [0, 0.1) is 0 Å². The van der Waals surface area contributed by atoms with Crippen LogP contribution in [0.3, 0.4) is 0 Å². The van der Waals surface area contributed by atoms with Gasteiger partial charge in [0.1, 0.15) is 5.75 Å². The Morgan fingerprint density at radius 1 is 1.27 bits per heavy atom. The number of nitrogens with one attached hydrogen (secondary N) is 2. The number of aliphatic hydroxyl groups is 1. The number of likely N-dealkylation sites (tertiary alicyclic amines) is 1. The quantitative estimate of drug-likeness (QED) is 0.306. The van der Waals surface area contributed by atoms with Gasteiger partial charge in [0.2, 0.25) is 0 Å². The van der Waals surface area contributed by atoms with Crippen molar-refractivity contribution in [2.75, 3.05) is 46.4 Å². The lowest BCUT2D eigenvalue weighted by atomic mass is 10.1. The molecule has 0 aliphatic carbocycles. The standard InChI is InChI=1S/C19H32N4O2.HI/c1-3-20-19(21-10-13-23-11-5-4-6-12-23)22-15-18(24)16-8-7-9-17(14-16)25-2;/h7-9,14,18,24H,3-6,10-13,15H2,1-2H3,(H2,20,21,22);1H. The van der Waals surface area contributed by atoms with Gasteiger partial charge < -0.3 is 25.4 Å². The van der Waals surface area contributed by atoms with Crippen LogP contribution in [0.1, 0.15) is 37.9 Å². The summed E-state index contributed by atoms with van der Waals surface area (Å²) in [7, 11) is 1.62. The van der Waals surface area contributed by atoms with E-state index >= 15 is 0 Å². The molecular formula is C19H33IN4O2. The first-order chi connectivity index (χ1) is 12.2. The molecule has 1 heterocycles. The molecule has 1 atom stereocenters. The SMILES string of the molecule is CCNC(=NCC(O)c1cccc(OC)c1)NCCN1CCCCC1.I. The van der Waals surface area contributed by atoms with E-state index in [1.165, 1.54) is 32.4 Å². The minimum Gasteiger partial charge on any atom is -0.497 e. The van der Waals surface area contributed by atoms with E-state index < -0.39 is 6.10 Å². The van der Waals surface area contributed by atoms with Crippen molar-refractivity contribution in [2.45, 2.75) is 32.3 Å². The van der Waals surface area contributed by atoms with E-state index in [1.54, 1.807) is 7.11 Å². The predicted molar refractivity (Wildman–Crippen MR) is 118 cm³/mol. The zero-order valence-corrected chi connectivity index (χ0v) is 18.2. The van der Waals surface area contributed by atoms with E-state index in [0.717, 1.165) is 36.9 Å². The highest BCUT2D eigenvalue weighted by Gasteiger charge is 2.11. The van der Waals surface area contributed by atoms with E-state index in [4.69, 9.17) is 4.74 Å². The lowest BCUT2D eigenvalue weighted by molar-refractivity contribution is 0.186. The van der Waals surface area contributed by atoms with Gasteiger partial charge in [-0.25, -0.2) is 0 Å². The van der Waals surface area contributed by atoms with Crippen molar-refractivity contribution in [3.05, 3.63) is 29.8 Å². The molecule has 6 nitrogen and oxygen atoms in total. The van der Waals surface area contributed by atoms with Gasteiger partial charge in [-0.15, -0.1) is 24.0 Å². The molecule has 0 amide bonds. The van der Waals surface area contributed by atoms with Crippen LogP contribution in [0.4, 0.5) is 0 Å². The third-order valence-corrected chi connectivity index (χ3v) is 4.41. The highest BCUT2D eigenvalue weighted by molar-refractivity contribution is 14.0. The van der Waals surface area contributed by atoms with E-state index in [0.29, 0.717) is 6.54 Å². The number of hydrogen-bond donors (Lipinski definition) is 3. The largest absolute Gasteiger partial charge is 0.497 e. The fourth-order valence-corrected chi connectivity index (χ4v) is 2.99. The van der Waals surface area contributed by atoms with Crippen molar-refractivity contribution in [1.82, 2.24) is 15.5 Å². The number of ether oxygens (including phenoxy) is 1. The Hall–Kier alpha value is -1.06. The Labute approximate surface area is 174 Å². The number of piperidine rings is 1. The number of guanidine groups is 1. The van der Waals surface area contributed by atoms with Gasteiger partial charge >= 0.3 is 0 Å². The van der Waals surface area contributed by atoms with Gasteiger partial charge in [0, 0.05) is 19.6 Å². The first kappa shape index (κ1) is 23.0. The molecule has 1 fully saturated rings. The van der Waals surface area contributed by atoms with Gasteiger partial charge in [-0.05, 0) is 50.6 Å². The van der Waals surface area contributed by atoms with E-state index in [-0.39, 0.29) is 24.0 Å². The fourth-order valence-electron chi connectivity index (χ4n) is 2.99. The van der Waals surface area contributed by atoms with Gasteiger partial charge in [0.05, 0.1) is 19.8 Å². The first-order valence-electron chi connectivity index (χ1n) is 9.29. The number of aliphatic hydroxyl groups excluding tert-OH is 1. The number of nitrogens with zero attached hydrogens (tertiary/aromatic N) is 2. The summed E-state index contributed by atoms with van der Waals surface area (Å²) in [6, 6.07) is 7.48. The topological polar surface area (TPSA) is 69.1 Å². The lowest BCUT2D eigenvalue weighted by Gasteiger charge is -2.26. The van der Waals surface area contributed by atoms with Crippen LogP contribution >= 0.6 is 24.0 Å². The lowest BCUT2D eigenvalue weighted by Crippen LogP contribution is -2.42. The molecule has 0 saturated carbocycles. The highest BCUT2D eigenvalue weighted by atomic mass is 127. The molecule has 1 unspecified atom stereocenters. The summed E-state index contributed by atoms with van der Waals surface area (Å²) in [6.07, 6.45) is 3.32. The molecule has 0 aromatic heterocycles. The smallest absolute Gasteiger partial charge is 0.191 e. The number of benzene rings is 1. The van der Waals surface area contributed by atoms with Crippen LogP contribution < -0.4 is 15.4 Å². The Morgan fingerprint density at radius 3 is 2.73 bits per heavy atom. The summed E-state index contributed by atoms with van der Waals surface area (Å²) in [5.41, 5.74) is 0.812. The average Bonchev–Trinajstić information content (AvgIpc) is 2.66. The summed E-state index contributed by atoms with van der Waals surface area (Å²) in [6.45, 7) is 7.44. The third-order valence-electron chi connectivity index (χ3n) is 4.41. The molecule has 0 radical (unpaired) electrons. The highest BCUT2D eigenvalue weighted by Crippen LogP contribution is 2.19. The minimum atomic E-state index is -0.646. The predicted octanol–water partition coefficient (Wildman–Crippen LogP) is 2.39. The maximum Gasteiger partial charge on any atom is 0.191 e. The zero-order chi connectivity index (χ0) is 17.9. The van der Waals surface area contributed by atoms with E-state index in [2.05, 4.69) is 20.5 Å². The maximum atomic E-state index is 10.4. The number of aliphatic imine (C=N–C) groups is 1. The Kier molecular flexibility index (Phi) is 11.6. The number of hydrogen-bond acceptors (Lipinski definition) is 4. The van der Waals surface area contributed by atoms with Gasteiger partial charge in [0.25, 0.3) is 0 Å². The molecular weight excluding hydrogens is 443 g/mol. The van der Waals surface area contributed by atoms with Crippen LogP contribution in [0.2, 0.25) is 0 Å². The molecule has 3 N–H and O–H groups in total. The molecule has 7 heteroatoms. The van der Waals surface area contributed by atoms with Crippen LogP contribution in [0.15, 0.2) is 29.3 Å². The van der Waals surface area contributed by atoms with Crippen molar-refractivity contribution in [3.8, 4) is 5.75 Å². The molecule has 1 aliphatic heterocycles. The van der Waals surface area contributed by atoms with Gasteiger partial charge in [-0.3, -0.25) is 4.99 Å². The Balaban J connectivity index is 0.00000338. The Bertz CT molecular complexity index is 536. The molecule has 0 bridgehead atoms. The number of halogens is 1. The normalized spacial score (nSPS) is 16.5. The molecule has 26 heavy (non-hydrogen) atoms. The van der Waals surface area contributed by atoms with Crippen molar-refractivity contribution in [3.63, 3.8) is 0 Å². The molecule has 2 rings (SSSR count). The van der Waals surface area contributed by atoms with Gasteiger partial charge in [-0.1, -0.05) is 18.6 Å². The minimum absolute atomic E-state index is 0. The van der Waals surface area contributed by atoms with Crippen LogP contribution in [0.25, 0.3) is 0 Å². The zero-order valence-electron chi connectivity index (χ0n) is 15.9. The second-order valence-electron chi connectivity index (χ2n) is 6.34. The van der Waals surface area contributed by atoms with Crippen molar-refractivity contribution in [2.24, 2.45) is 4.99 Å². The van der Waals surface area contributed by atoms with Crippen molar-refractivity contribution in [1.29, 1.82) is 0 Å². The maximum absolute atomic E-state index is 10.4. The average molecular weight is 476 g/mol. The fraction of sp³-hybridized carbons (Fsp3) is 0.632. The van der Waals surface area contributed by atoms with Crippen LogP contribution in [0.5, 0.6) is 5.75 Å². The summed E-state index contributed by atoms with van der Waals surface area (Å²) in [4.78, 5) is 7.00. The summed E-state index contributed by atoms with van der Waals surface area (Å²) in [5, 5.41) is 17.0. The van der Waals surface area contributed by atoms with Crippen LogP contribution in [-0.4, -0.2) is 62.3 Å². The third kappa shape index (κ3) is 8.09. The summed E-state index contributed by atoms with van der Waals surface area (Å²) in [5.74, 6) is 1.49. The van der Waals surface area contributed by atoms with Gasteiger partial charge in [-0.2, -0.15) is 0 Å². The number of methoxy groups -OCH3 is 1. The van der Waals surface area contributed by atoms with E-state index in [1.807, 2.05) is 31.2 Å². The molecule has 1 aromatic carbocycles. The summed E-state index contributed by atoms with van der Waals surface area (Å²) >= 11 is 0. The second kappa shape index (κ2) is 13.2. The first-order valence-corrected chi connectivity index (χ1v) is 9.29. The van der Waals surface area contributed by atoms with Crippen molar-refractivity contribution >= 4 is 29.9 Å². The molecule has 1 aromatic rings.